The normalized spacial score (nSPS) is 10.7. The van der Waals surface area contributed by atoms with E-state index >= 15 is 0 Å². The third-order valence-corrected chi connectivity index (χ3v) is 5.62. The summed E-state index contributed by atoms with van der Waals surface area (Å²) in [7, 11) is 0. The van der Waals surface area contributed by atoms with Crippen molar-refractivity contribution < 1.29 is 28.3 Å². The van der Waals surface area contributed by atoms with E-state index in [1.807, 2.05) is 0 Å². The fourth-order valence-corrected chi connectivity index (χ4v) is 4.23. The molecule has 0 bridgehead atoms. The minimum Gasteiger partial charge on any atom is -0.850 e. The largest absolute Gasteiger partial charge is 0.850 e. The smallest absolute Gasteiger partial charge is 0.160 e. The minimum atomic E-state index is -3.72. The van der Waals surface area contributed by atoms with E-state index in [-0.39, 0.29) is 0 Å². The molecule has 0 aromatic rings. The summed E-state index contributed by atoms with van der Waals surface area (Å²) in [4.78, 5) is 21.8. The van der Waals surface area contributed by atoms with Crippen LogP contribution in [0.2, 0.25) is 9.62 Å². The number of hydrogen-bond acceptors (Lipinski definition) is 4. The van der Waals surface area contributed by atoms with Gasteiger partial charge in [0.25, 0.3) is 0 Å². The van der Waals surface area contributed by atoms with Crippen LogP contribution in [0, 0.1) is 0 Å². The average molecular weight is 421 g/mol. The van der Waals surface area contributed by atoms with Crippen LogP contribution in [0.15, 0.2) is 0 Å². The maximum absolute atomic E-state index is 9.29. The second kappa shape index (κ2) is 18.7. The van der Waals surface area contributed by atoms with Crippen LogP contribution < -0.4 is 9.79 Å². The Morgan fingerprint density at radius 2 is 1.10 bits per heavy atom. The molecule has 20 heavy (non-hydrogen) atoms. The molecular weight excluding hydrogens is 391 g/mol. The Balaban J connectivity index is 0. The molecule has 0 atom stereocenters. The van der Waals surface area contributed by atoms with Crippen molar-refractivity contribution in [1.29, 1.82) is 0 Å². The molecule has 0 rings (SSSR count). The molecule has 0 amide bonds. The molecule has 0 unspecified atom stereocenters. The third kappa shape index (κ3) is 36.7. The summed E-state index contributed by atoms with van der Waals surface area (Å²) >= 11 is 7.70. The summed E-state index contributed by atoms with van der Waals surface area (Å²) in [5, 5.41) is 0. The van der Waals surface area contributed by atoms with Gasteiger partial charge in [-0.05, 0) is 0 Å². The average Bonchev–Trinajstić information content (AvgIpc) is 2.34. The summed E-state index contributed by atoms with van der Waals surface area (Å²) in [5.74, 6) is 0. The van der Waals surface area contributed by atoms with Crippen LogP contribution in [-0.2, 0) is 42.6 Å². The van der Waals surface area contributed by atoms with Gasteiger partial charge in [-0.25, -0.2) is 0 Å². The van der Waals surface area contributed by atoms with Gasteiger partial charge in [0.05, 0.1) is 0 Å². The van der Waals surface area contributed by atoms with Gasteiger partial charge in [0.1, 0.15) is 0 Å². The zero-order valence-electron chi connectivity index (χ0n) is 13.0. The molecule has 0 saturated carbocycles. The van der Waals surface area contributed by atoms with E-state index in [1.165, 1.54) is 64.2 Å². The first kappa shape index (κ1) is 23.9. The standard InChI is InChI=1S/2C7H15.Mo.H3O2PS2/c2*1-3-5-7-6-4-2;;1-3(2,4)5/h2*1,3-7H2,2H3;;(H3,1,2,4,5)/q;;+3;/p-3. The molecule has 121 valence electrons. The van der Waals surface area contributed by atoms with Gasteiger partial charge in [0, 0.05) is 0 Å². The second-order valence-corrected chi connectivity index (χ2v) is 12.4. The van der Waals surface area contributed by atoms with E-state index in [4.69, 9.17) is 0 Å². The van der Waals surface area contributed by atoms with Crippen molar-refractivity contribution in [2.45, 2.75) is 87.7 Å². The van der Waals surface area contributed by atoms with Gasteiger partial charge in [0.2, 0.25) is 0 Å². The first-order chi connectivity index (χ1) is 9.41. The molecule has 0 spiro atoms. The van der Waals surface area contributed by atoms with Crippen LogP contribution in [0.4, 0.5) is 0 Å². The Hall–Kier alpha value is 1.61. The summed E-state index contributed by atoms with van der Waals surface area (Å²) in [6, 6.07) is 0. The zero-order valence-corrected chi connectivity index (χ0v) is 17.5. The predicted octanol–water partition coefficient (Wildman–Crippen LogP) is 4.32. The molecule has 0 heterocycles. The van der Waals surface area contributed by atoms with E-state index in [9.17, 15) is 9.79 Å². The summed E-state index contributed by atoms with van der Waals surface area (Å²) in [6.45, 7) is 4.59. The molecule has 0 aliphatic carbocycles. The number of rotatable bonds is 12. The van der Waals surface area contributed by atoms with Crippen molar-refractivity contribution in [1.82, 2.24) is 0 Å². The van der Waals surface area contributed by atoms with Gasteiger partial charge >= 0.3 is 106 Å². The zero-order chi connectivity index (χ0) is 15.7. The van der Waals surface area contributed by atoms with Crippen molar-refractivity contribution in [3.05, 3.63) is 0 Å². The molecule has 0 aromatic heterocycles. The topological polar surface area (TPSA) is 46.1 Å². The molecule has 0 aromatic carbocycles. The van der Waals surface area contributed by atoms with E-state index in [0.29, 0.717) is 18.6 Å². The Morgan fingerprint density at radius 3 is 1.40 bits per heavy atom. The maximum atomic E-state index is 9.29. The number of hydrogen-bond donors (Lipinski definition) is 0. The Labute approximate surface area is 145 Å². The minimum absolute atomic E-state index is 0.416. The predicted molar refractivity (Wildman–Crippen MR) is 88.8 cm³/mol. The van der Waals surface area contributed by atoms with Gasteiger partial charge in [0.15, 0.2) is 0 Å². The van der Waals surface area contributed by atoms with Crippen molar-refractivity contribution in [3.63, 3.8) is 0 Å². The molecule has 0 saturated heterocycles. The summed E-state index contributed by atoms with van der Waals surface area (Å²) < 4.78 is 0. The molecule has 0 aliphatic rings. The molecule has 6 heteroatoms. The van der Waals surface area contributed by atoms with Gasteiger partial charge < -0.3 is 27.7 Å². The van der Waals surface area contributed by atoms with Crippen LogP contribution >= 0.6 is 5.69 Å². The maximum Gasteiger partial charge on any atom is -0.160 e. The van der Waals surface area contributed by atoms with Gasteiger partial charge in [-0.2, -0.15) is 11.8 Å². The van der Waals surface area contributed by atoms with Crippen LogP contribution in [0.1, 0.15) is 78.1 Å². The Bertz CT molecular complexity index is 205. The van der Waals surface area contributed by atoms with Crippen molar-refractivity contribution >= 4 is 29.7 Å². The molecular formula is C14H30MoO2PS2. The molecule has 0 aliphatic heterocycles. The van der Waals surface area contributed by atoms with Crippen molar-refractivity contribution in [3.8, 4) is 0 Å². The number of unbranched alkanes of at least 4 members (excludes halogenated alkanes) is 8. The van der Waals surface area contributed by atoms with Crippen molar-refractivity contribution in [2.24, 2.45) is 0 Å². The Morgan fingerprint density at radius 1 is 0.800 bits per heavy atom. The van der Waals surface area contributed by atoms with Crippen LogP contribution in [-0.4, -0.2) is 0 Å². The van der Waals surface area contributed by atoms with E-state index in [2.05, 4.69) is 37.9 Å². The SMILES string of the molecule is CCCCCC[CH2][Mo+3][CH2]CCCCCC.[O-]P([O-])(=S)[S-]. The third-order valence-electron chi connectivity index (χ3n) is 2.78. The first-order valence-electron chi connectivity index (χ1n) is 7.72. The van der Waals surface area contributed by atoms with Gasteiger partial charge in [-0.3, -0.25) is 0 Å². The summed E-state index contributed by atoms with van der Waals surface area (Å²) in [6.07, 6.45) is 14.7. The van der Waals surface area contributed by atoms with Gasteiger partial charge in [-0.1, -0.05) is 0 Å². The van der Waals surface area contributed by atoms with Crippen LogP contribution in [0.5, 0.6) is 0 Å². The molecule has 0 N–H and O–H groups in total. The molecule has 2 nitrogen and oxygen atoms in total. The molecule has 0 radical (unpaired) electrons. The van der Waals surface area contributed by atoms with Crippen LogP contribution in [0.3, 0.4) is 0 Å². The Kier molecular flexibility index (Phi) is 22.3. The fraction of sp³-hybridized carbons (Fsp3) is 1.00. The second-order valence-electron chi connectivity index (χ2n) is 4.89. The fourth-order valence-electron chi connectivity index (χ4n) is 1.72. The van der Waals surface area contributed by atoms with Crippen LogP contribution in [0.25, 0.3) is 0 Å². The van der Waals surface area contributed by atoms with E-state index in [0.717, 1.165) is 0 Å². The quantitative estimate of drug-likeness (QED) is 0.204. The van der Waals surface area contributed by atoms with E-state index < -0.39 is 5.69 Å². The summed E-state index contributed by atoms with van der Waals surface area (Å²) in [5.41, 5.74) is -3.72. The molecule has 0 fully saturated rings. The first-order valence-corrected chi connectivity index (χ1v) is 14.2. The monoisotopic (exact) mass is 423 g/mol. The van der Waals surface area contributed by atoms with Crippen molar-refractivity contribution in [2.75, 3.05) is 0 Å². The van der Waals surface area contributed by atoms with Gasteiger partial charge in [-0.15, -0.1) is 0 Å². The van der Waals surface area contributed by atoms with E-state index in [1.54, 1.807) is 9.62 Å².